The molecular weight excluding hydrogens is 234 g/mol. The van der Waals surface area contributed by atoms with Gasteiger partial charge in [0.2, 0.25) is 0 Å². The van der Waals surface area contributed by atoms with Crippen LogP contribution >= 0.6 is 11.6 Å². The summed E-state index contributed by atoms with van der Waals surface area (Å²) in [4.78, 5) is 11.1. The zero-order chi connectivity index (χ0) is 12.3. The minimum absolute atomic E-state index is 0.533. The number of allylic oxidation sites excluding steroid dienone is 1. The molecule has 2 aromatic rings. The highest BCUT2D eigenvalue weighted by molar-refractivity contribution is 6.34. The van der Waals surface area contributed by atoms with Crippen LogP contribution in [0.2, 0.25) is 5.15 Å². The number of hydrogen-bond donors (Lipinski definition) is 0. The van der Waals surface area contributed by atoms with Crippen molar-refractivity contribution in [1.29, 1.82) is 0 Å². The van der Waals surface area contributed by atoms with E-state index in [1.807, 2.05) is 34.9 Å². The summed E-state index contributed by atoms with van der Waals surface area (Å²) in [5.74, 6) is 0. The molecular formula is C14H14ClNO. The highest BCUT2D eigenvalue weighted by Gasteiger charge is 2.13. The van der Waals surface area contributed by atoms with Crippen molar-refractivity contribution in [2.45, 2.75) is 19.4 Å². The Bertz CT molecular complexity index is 557. The van der Waals surface area contributed by atoms with E-state index in [9.17, 15) is 4.79 Å². The van der Waals surface area contributed by atoms with E-state index in [-0.39, 0.29) is 0 Å². The van der Waals surface area contributed by atoms with Gasteiger partial charge in [0.25, 0.3) is 0 Å². The molecule has 1 aromatic heterocycles. The molecule has 17 heavy (non-hydrogen) atoms. The van der Waals surface area contributed by atoms with Gasteiger partial charge in [-0.1, -0.05) is 35.9 Å². The van der Waals surface area contributed by atoms with Crippen LogP contribution in [-0.2, 0) is 6.54 Å². The molecule has 0 bridgehead atoms. The fourth-order valence-electron chi connectivity index (χ4n) is 2.02. The number of rotatable bonds is 5. The molecule has 0 unspecified atom stereocenters. The van der Waals surface area contributed by atoms with Gasteiger partial charge in [-0.25, -0.2) is 0 Å². The summed E-state index contributed by atoms with van der Waals surface area (Å²) in [5, 5.41) is 1.45. The SMILES string of the molecule is C=CCCCn1c(Cl)c(C=O)c2ccccc21. The largest absolute Gasteiger partial charge is 0.331 e. The van der Waals surface area contributed by atoms with Crippen molar-refractivity contribution in [3.63, 3.8) is 0 Å². The highest BCUT2D eigenvalue weighted by Crippen LogP contribution is 2.29. The number of aldehydes is 1. The van der Waals surface area contributed by atoms with Crippen molar-refractivity contribution in [3.05, 3.63) is 47.6 Å². The van der Waals surface area contributed by atoms with Crippen LogP contribution in [0.4, 0.5) is 0 Å². The summed E-state index contributed by atoms with van der Waals surface area (Å²) in [7, 11) is 0. The van der Waals surface area contributed by atoms with E-state index in [1.54, 1.807) is 0 Å². The number of fused-ring (bicyclic) bond motifs is 1. The molecule has 88 valence electrons. The van der Waals surface area contributed by atoms with E-state index in [4.69, 9.17) is 11.6 Å². The van der Waals surface area contributed by atoms with Crippen LogP contribution in [0.1, 0.15) is 23.2 Å². The van der Waals surface area contributed by atoms with Gasteiger partial charge in [0, 0.05) is 17.4 Å². The monoisotopic (exact) mass is 247 g/mol. The number of para-hydroxylation sites is 1. The number of hydrogen-bond acceptors (Lipinski definition) is 1. The van der Waals surface area contributed by atoms with Crippen molar-refractivity contribution < 1.29 is 4.79 Å². The van der Waals surface area contributed by atoms with Crippen LogP contribution in [0, 0.1) is 0 Å². The summed E-state index contributed by atoms with van der Waals surface area (Å²) in [6.07, 6.45) is 4.63. The quantitative estimate of drug-likeness (QED) is 0.443. The molecule has 3 heteroatoms. The normalized spacial score (nSPS) is 10.6. The zero-order valence-electron chi connectivity index (χ0n) is 9.53. The van der Waals surface area contributed by atoms with E-state index in [2.05, 4.69) is 6.58 Å². The molecule has 0 saturated carbocycles. The third-order valence-corrected chi connectivity index (χ3v) is 3.26. The second kappa shape index (κ2) is 5.19. The first-order valence-corrected chi connectivity index (χ1v) is 6.00. The Morgan fingerprint density at radius 1 is 1.35 bits per heavy atom. The molecule has 0 fully saturated rings. The Balaban J connectivity index is 2.49. The summed E-state index contributed by atoms with van der Waals surface area (Å²) >= 11 is 6.24. The predicted molar refractivity (Wildman–Crippen MR) is 71.8 cm³/mol. The molecule has 2 nitrogen and oxygen atoms in total. The van der Waals surface area contributed by atoms with Gasteiger partial charge in [-0.3, -0.25) is 4.79 Å². The first kappa shape index (κ1) is 11.9. The molecule has 0 radical (unpaired) electrons. The molecule has 2 rings (SSSR count). The molecule has 0 aliphatic heterocycles. The lowest BCUT2D eigenvalue weighted by Gasteiger charge is -2.05. The summed E-state index contributed by atoms with van der Waals surface area (Å²) in [5.41, 5.74) is 1.60. The Labute approximate surface area is 105 Å². The topological polar surface area (TPSA) is 22.0 Å². The third-order valence-electron chi connectivity index (χ3n) is 2.85. The second-order valence-electron chi connectivity index (χ2n) is 3.92. The Hall–Kier alpha value is -1.54. The van der Waals surface area contributed by atoms with E-state index < -0.39 is 0 Å². The van der Waals surface area contributed by atoms with Crippen molar-refractivity contribution in [1.82, 2.24) is 4.57 Å². The van der Waals surface area contributed by atoms with Gasteiger partial charge in [-0.2, -0.15) is 0 Å². The smallest absolute Gasteiger partial charge is 0.153 e. The van der Waals surface area contributed by atoms with Crippen molar-refractivity contribution in [2.75, 3.05) is 0 Å². The second-order valence-corrected chi connectivity index (χ2v) is 4.28. The van der Waals surface area contributed by atoms with E-state index >= 15 is 0 Å². The number of aromatic nitrogens is 1. The Kier molecular flexibility index (Phi) is 3.64. The summed E-state index contributed by atoms with van der Waals surface area (Å²) in [6, 6.07) is 7.79. The summed E-state index contributed by atoms with van der Waals surface area (Å²) in [6.45, 7) is 4.50. The minimum Gasteiger partial charge on any atom is -0.331 e. The minimum atomic E-state index is 0.533. The van der Waals surface area contributed by atoms with Gasteiger partial charge in [-0.05, 0) is 18.9 Å². The average molecular weight is 248 g/mol. The van der Waals surface area contributed by atoms with E-state index in [0.29, 0.717) is 10.7 Å². The number of nitrogens with zero attached hydrogens (tertiary/aromatic N) is 1. The maximum Gasteiger partial charge on any atom is 0.153 e. The maximum absolute atomic E-state index is 11.1. The Morgan fingerprint density at radius 2 is 2.12 bits per heavy atom. The van der Waals surface area contributed by atoms with Gasteiger partial charge in [0.05, 0.1) is 5.56 Å². The molecule has 0 aliphatic carbocycles. The van der Waals surface area contributed by atoms with Crippen LogP contribution in [0.15, 0.2) is 36.9 Å². The van der Waals surface area contributed by atoms with Crippen LogP contribution in [0.5, 0.6) is 0 Å². The summed E-state index contributed by atoms with van der Waals surface area (Å²) < 4.78 is 1.99. The van der Waals surface area contributed by atoms with Crippen LogP contribution in [-0.4, -0.2) is 10.9 Å². The van der Waals surface area contributed by atoms with Gasteiger partial charge in [0.1, 0.15) is 5.15 Å². The number of benzene rings is 1. The van der Waals surface area contributed by atoms with Gasteiger partial charge < -0.3 is 4.57 Å². The van der Waals surface area contributed by atoms with Crippen molar-refractivity contribution in [3.8, 4) is 0 Å². The first-order valence-electron chi connectivity index (χ1n) is 5.62. The number of aryl methyl sites for hydroxylation is 1. The average Bonchev–Trinajstić information content (AvgIpc) is 2.62. The van der Waals surface area contributed by atoms with Gasteiger partial charge in [0.15, 0.2) is 6.29 Å². The maximum atomic E-state index is 11.1. The Morgan fingerprint density at radius 3 is 2.82 bits per heavy atom. The molecule has 0 atom stereocenters. The molecule has 1 aromatic carbocycles. The number of unbranched alkanes of at least 4 members (excludes halogenated alkanes) is 1. The van der Waals surface area contributed by atoms with E-state index in [0.717, 1.165) is 36.6 Å². The van der Waals surface area contributed by atoms with Gasteiger partial charge >= 0.3 is 0 Å². The molecule has 0 spiro atoms. The third kappa shape index (κ3) is 2.13. The van der Waals surface area contributed by atoms with Gasteiger partial charge in [-0.15, -0.1) is 6.58 Å². The van der Waals surface area contributed by atoms with E-state index in [1.165, 1.54) is 0 Å². The number of halogens is 1. The lowest BCUT2D eigenvalue weighted by Crippen LogP contribution is -1.97. The van der Waals surface area contributed by atoms with Crippen LogP contribution < -0.4 is 0 Å². The number of carbonyl (C=O) groups is 1. The predicted octanol–water partition coefficient (Wildman–Crippen LogP) is 4.07. The standard InChI is InChI=1S/C14H14ClNO/c1-2-3-6-9-16-13-8-5-4-7-11(13)12(10-17)14(16)15/h2,4-5,7-8,10H,1,3,6,9H2. The highest BCUT2D eigenvalue weighted by atomic mass is 35.5. The zero-order valence-corrected chi connectivity index (χ0v) is 10.3. The molecule has 0 amide bonds. The molecule has 0 aliphatic rings. The molecule has 1 heterocycles. The molecule has 0 N–H and O–H groups in total. The van der Waals surface area contributed by atoms with Crippen molar-refractivity contribution in [2.24, 2.45) is 0 Å². The lowest BCUT2D eigenvalue weighted by atomic mass is 10.2. The van der Waals surface area contributed by atoms with Crippen molar-refractivity contribution >= 4 is 28.8 Å². The molecule has 0 saturated heterocycles. The van der Waals surface area contributed by atoms with Crippen LogP contribution in [0.3, 0.4) is 0 Å². The fourth-order valence-corrected chi connectivity index (χ4v) is 2.35. The number of carbonyl (C=O) groups excluding carboxylic acids is 1. The lowest BCUT2D eigenvalue weighted by molar-refractivity contribution is 0.112. The van der Waals surface area contributed by atoms with Crippen LogP contribution in [0.25, 0.3) is 10.9 Å². The fraction of sp³-hybridized carbons (Fsp3) is 0.214. The first-order chi connectivity index (χ1) is 8.29.